The second-order valence-corrected chi connectivity index (χ2v) is 6.18. The molecule has 4 rings (SSSR count). The van der Waals surface area contributed by atoms with Crippen molar-refractivity contribution in [3.63, 3.8) is 0 Å². The molecule has 2 aromatic carbocycles. The number of fused-ring (bicyclic) bond motifs is 2. The van der Waals surface area contributed by atoms with Gasteiger partial charge in [-0.05, 0) is 36.8 Å². The van der Waals surface area contributed by atoms with Crippen LogP contribution in [-0.4, -0.2) is 16.0 Å². The van der Waals surface area contributed by atoms with Crippen molar-refractivity contribution < 1.29 is 0 Å². The maximum atomic E-state index is 4.70. The van der Waals surface area contributed by atoms with Crippen LogP contribution in [0.1, 0.15) is 13.8 Å². The third-order valence-electron chi connectivity index (χ3n) is 4.28. The Morgan fingerprint density at radius 1 is 0.667 bits per heavy atom. The summed E-state index contributed by atoms with van der Waals surface area (Å²) >= 11 is 0. The summed E-state index contributed by atoms with van der Waals surface area (Å²) in [5.74, 6) is 1.90. The quantitative estimate of drug-likeness (QED) is 0.512. The predicted molar refractivity (Wildman–Crippen MR) is 101 cm³/mol. The Morgan fingerprint density at radius 3 is 1.58 bits per heavy atom. The van der Waals surface area contributed by atoms with Crippen molar-refractivity contribution in [1.29, 1.82) is 0 Å². The zero-order valence-corrected chi connectivity index (χ0v) is 13.8. The maximum absolute atomic E-state index is 4.70. The molecule has 0 saturated carbocycles. The van der Waals surface area contributed by atoms with Gasteiger partial charge in [-0.2, -0.15) is 0 Å². The number of nitrogens with zero attached hydrogens (tertiary/aromatic N) is 3. The molecule has 2 heterocycles. The second-order valence-electron chi connectivity index (χ2n) is 6.18. The zero-order valence-electron chi connectivity index (χ0n) is 13.8. The van der Waals surface area contributed by atoms with Crippen LogP contribution in [0.2, 0.25) is 0 Å². The second kappa shape index (κ2) is 5.93. The van der Waals surface area contributed by atoms with Crippen molar-refractivity contribution in [2.24, 2.45) is 0 Å². The highest BCUT2D eigenvalue weighted by Gasteiger charge is 2.20. The topological polar surface area (TPSA) is 29.0 Å². The summed E-state index contributed by atoms with van der Waals surface area (Å²) in [6.45, 7) is 4.35. The summed E-state index contributed by atoms with van der Waals surface area (Å²) in [6.07, 6.45) is 3.75. The number of aromatic nitrogens is 2. The first-order valence-electron chi connectivity index (χ1n) is 8.22. The van der Waals surface area contributed by atoms with Crippen LogP contribution in [0.5, 0.6) is 0 Å². The standard InChI is InChI=1S/C21H19N3/c1-15(2)24(20-18-9-5-3-7-16(18)11-13-22-20)21-19-10-6-4-8-17(19)12-14-23-21/h3-15H,1-2H3. The van der Waals surface area contributed by atoms with Crippen LogP contribution in [0, 0.1) is 0 Å². The van der Waals surface area contributed by atoms with Gasteiger partial charge >= 0.3 is 0 Å². The summed E-state index contributed by atoms with van der Waals surface area (Å²) < 4.78 is 0. The van der Waals surface area contributed by atoms with E-state index in [-0.39, 0.29) is 6.04 Å². The van der Waals surface area contributed by atoms with Crippen LogP contribution in [0.3, 0.4) is 0 Å². The van der Waals surface area contributed by atoms with Crippen LogP contribution in [0.15, 0.2) is 73.1 Å². The van der Waals surface area contributed by atoms with E-state index in [0.29, 0.717) is 0 Å². The number of rotatable bonds is 3. The third-order valence-corrected chi connectivity index (χ3v) is 4.28. The fourth-order valence-corrected chi connectivity index (χ4v) is 3.18. The van der Waals surface area contributed by atoms with Gasteiger partial charge in [-0.15, -0.1) is 0 Å². The van der Waals surface area contributed by atoms with Gasteiger partial charge in [0, 0.05) is 29.2 Å². The normalized spacial score (nSPS) is 11.3. The summed E-state index contributed by atoms with van der Waals surface area (Å²) in [5, 5.41) is 4.66. The molecule has 0 fully saturated rings. The minimum atomic E-state index is 0.238. The van der Waals surface area contributed by atoms with Crippen molar-refractivity contribution in [2.45, 2.75) is 19.9 Å². The minimum Gasteiger partial charge on any atom is -0.307 e. The van der Waals surface area contributed by atoms with Gasteiger partial charge in [0.25, 0.3) is 0 Å². The minimum absolute atomic E-state index is 0.238. The molecule has 0 saturated heterocycles. The predicted octanol–water partition coefficient (Wildman–Crippen LogP) is 5.33. The van der Waals surface area contributed by atoms with Crippen LogP contribution < -0.4 is 4.90 Å². The number of benzene rings is 2. The molecule has 2 aromatic heterocycles. The lowest BCUT2D eigenvalue weighted by atomic mass is 10.1. The van der Waals surface area contributed by atoms with E-state index in [1.54, 1.807) is 0 Å². The van der Waals surface area contributed by atoms with E-state index in [0.717, 1.165) is 22.4 Å². The van der Waals surface area contributed by atoms with Crippen molar-refractivity contribution in [2.75, 3.05) is 4.90 Å². The van der Waals surface area contributed by atoms with Gasteiger partial charge in [0.15, 0.2) is 0 Å². The number of hydrogen-bond acceptors (Lipinski definition) is 3. The zero-order chi connectivity index (χ0) is 16.5. The molecule has 0 aliphatic heterocycles. The molecule has 4 aromatic rings. The van der Waals surface area contributed by atoms with Crippen molar-refractivity contribution in [3.05, 3.63) is 73.1 Å². The van der Waals surface area contributed by atoms with E-state index in [1.165, 1.54) is 10.8 Å². The van der Waals surface area contributed by atoms with Gasteiger partial charge in [0.1, 0.15) is 11.6 Å². The molecule has 24 heavy (non-hydrogen) atoms. The largest absolute Gasteiger partial charge is 0.307 e. The highest BCUT2D eigenvalue weighted by atomic mass is 15.3. The first kappa shape index (κ1) is 14.6. The molecule has 0 N–H and O–H groups in total. The molecule has 0 spiro atoms. The Bertz CT molecular complexity index is 918. The lowest BCUT2D eigenvalue weighted by Crippen LogP contribution is -2.27. The fraction of sp³-hybridized carbons (Fsp3) is 0.143. The van der Waals surface area contributed by atoms with Gasteiger partial charge < -0.3 is 4.90 Å². The fourth-order valence-electron chi connectivity index (χ4n) is 3.18. The molecule has 0 aliphatic rings. The Kier molecular flexibility index (Phi) is 3.62. The molecular formula is C21H19N3. The van der Waals surface area contributed by atoms with Crippen LogP contribution in [-0.2, 0) is 0 Å². The van der Waals surface area contributed by atoms with Crippen LogP contribution in [0.4, 0.5) is 11.6 Å². The monoisotopic (exact) mass is 313 g/mol. The lowest BCUT2D eigenvalue weighted by molar-refractivity contribution is 0.773. The smallest absolute Gasteiger partial charge is 0.142 e. The molecule has 3 heteroatoms. The number of hydrogen-bond donors (Lipinski definition) is 0. The maximum Gasteiger partial charge on any atom is 0.142 e. The highest BCUT2D eigenvalue weighted by Crippen LogP contribution is 2.34. The van der Waals surface area contributed by atoms with Gasteiger partial charge in [-0.1, -0.05) is 48.5 Å². The SMILES string of the molecule is CC(C)N(c1nccc2ccccc12)c1nccc2ccccc12. The molecule has 0 amide bonds. The third kappa shape index (κ3) is 2.38. The summed E-state index contributed by atoms with van der Waals surface area (Å²) in [6, 6.07) is 21.1. The van der Waals surface area contributed by atoms with Crippen molar-refractivity contribution >= 4 is 33.2 Å². The molecular weight excluding hydrogens is 294 g/mol. The first-order chi connectivity index (χ1) is 11.8. The molecule has 0 atom stereocenters. The van der Waals surface area contributed by atoms with Gasteiger partial charge in [-0.25, -0.2) is 9.97 Å². The van der Waals surface area contributed by atoms with Gasteiger partial charge in [0.05, 0.1) is 0 Å². The average molecular weight is 313 g/mol. The number of pyridine rings is 2. The molecule has 0 aliphatic carbocycles. The number of anilines is 2. The Labute approximate surface area is 141 Å². The Morgan fingerprint density at radius 2 is 1.12 bits per heavy atom. The van der Waals surface area contributed by atoms with Crippen molar-refractivity contribution in [1.82, 2.24) is 9.97 Å². The van der Waals surface area contributed by atoms with E-state index in [2.05, 4.69) is 67.3 Å². The van der Waals surface area contributed by atoms with Crippen LogP contribution >= 0.6 is 0 Å². The van der Waals surface area contributed by atoms with E-state index < -0.39 is 0 Å². The van der Waals surface area contributed by atoms with Gasteiger partial charge in [-0.3, -0.25) is 0 Å². The highest BCUT2D eigenvalue weighted by molar-refractivity contribution is 5.99. The van der Waals surface area contributed by atoms with Gasteiger partial charge in [0.2, 0.25) is 0 Å². The Balaban J connectivity index is 2.01. The molecule has 3 nitrogen and oxygen atoms in total. The van der Waals surface area contributed by atoms with E-state index in [4.69, 9.17) is 9.97 Å². The van der Waals surface area contributed by atoms with E-state index in [9.17, 15) is 0 Å². The molecule has 118 valence electrons. The first-order valence-corrected chi connectivity index (χ1v) is 8.22. The molecule has 0 bridgehead atoms. The average Bonchev–Trinajstić information content (AvgIpc) is 2.62. The summed E-state index contributed by atoms with van der Waals surface area (Å²) in [5.41, 5.74) is 0. The lowest BCUT2D eigenvalue weighted by Gasteiger charge is -2.29. The van der Waals surface area contributed by atoms with Crippen LogP contribution in [0.25, 0.3) is 21.5 Å². The summed E-state index contributed by atoms with van der Waals surface area (Å²) in [4.78, 5) is 11.6. The van der Waals surface area contributed by atoms with E-state index >= 15 is 0 Å². The van der Waals surface area contributed by atoms with E-state index in [1.807, 2.05) is 24.5 Å². The molecule has 0 unspecified atom stereocenters. The summed E-state index contributed by atoms with van der Waals surface area (Å²) in [7, 11) is 0. The molecule has 0 radical (unpaired) electrons. The Hall–Kier alpha value is -2.94. The van der Waals surface area contributed by atoms with Crippen molar-refractivity contribution in [3.8, 4) is 0 Å².